The van der Waals surface area contributed by atoms with Crippen LogP contribution in [-0.2, 0) is 0 Å². The molecule has 0 aliphatic rings. The first-order chi connectivity index (χ1) is 9.56. The Morgan fingerprint density at radius 3 is 2.05 bits per heavy atom. The van der Waals surface area contributed by atoms with E-state index in [2.05, 4.69) is 10.2 Å². The van der Waals surface area contributed by atoms with Crippen molar-refractivity contribution in [3.05, 3.63) is 59.0 Å². The van der Waals surface area contributed by atoms with E-state index < -0.39 is 17.5 Å². The zero-order valence-corrected chi connectivity index (χ0v) is 10.6. The average molecular weight is 295 g/mol. The van der Waals surface area contributed by atoms with Gasteiger partial charge in [-0.05, 0) is 36.4 Å². The highest BCUT2D eigenvalue weighted by Gasteiger charge is 2.14. The lowest BCUT2D eigenvalue weighted by atomic mass is 10.0. The summed E-state index contributed by atoms with van der Waals surface area (Å²) >= 11 is 5.84. The molecule has 3 aromatic rings. The number of fused-ring (bicyclic) bond motifs is 1. The molecule has 0 saturated heterocycles. The van der Waals surface area contributed by atoms with Gasteiger partial charge in [-0.15, -0.1) is 10.2 Å². The van der Waals surface area contributed by atoms with Crippen molar-refractivity contribution in [1.29, 1.82) is 0 Å². The van der Waals surface area contributed by atoms with E-state index in [4.69, 9.17) is 11.6 Å². The van der Waals surface area contributed by atoms with E-state index in [0.717, 1.165) is 12.1 Å². The van der Waals surface area contributed by atoms with Gasteiger partial charge >= 0.3 is 0 Å². The summed E-state index contributed by atoms with van der Waals surface area (Å²) in [7, 11) is 0. The van der Waals surface area contributed by atoms with E-state index in [0.29, 0.717) is 16.6 Å². The molecule has 0 amide bonds. The van der Waals surface area contributed by atoms with Crippen LogP contribution in [0.4, 0.5) is 13.2 Å². The summed E-state index contributed by atoms with van der Waals surface area (Å²) in [5, 5.41) is 8.13. The molecule has 3 rings (SSSR count). The van der Waals surface area contributed by atoms with E-state index in [1.165, 1.54) is 24.3 Å². The number of nitrogens with zero attached hydrogens (tertiary/aromatic N) is 2. The Morgan fingerprint density at radius 1 is 0.800 bits per heavy atom. The van der Waals surface area contributed by atoms with E-state index in [1.54, 1.807) is 0 Å². The van der Waals surface area contributed by atoms with Gasteiger partial charge in [0.1, 0.15) is 11.5 Å². The largest absolute Gasteiger partial charge is 0.207 e. The fourth-order valence-corrected chi connectivity index (χ4v) is 2.13. The molecule has 0 N–H and O–H groups in total. The number of aromatic nitrogens is 2. The maximum absolute atomic E-state index is 13.4. The molecular formula is C14H6ClF3N2. The van der Waals surface area contributed by atoms with Crippen molar-refractivity contribution < 1.29 is 13.2 Å². The van der Waals surface area contributed by atoms with Crippen LogP contribution >= 0.6 is 11.6 Å². The highest BCUT2D eigenvalue weighted by molar-refractivity contribution is 6.34. The van der Waals surface area contributed by atoms with Crippen molar-refractivity contribution in [3.8, 4) is 11.3 Å². The van der Waals surface area contributed by atoms with Gasteiger partial charge in [0.15, 0.2) is 16.8 Å². The quantitative estimate of drug-likeness (QED) is 0.666. The maximum Gasteiger partial charge on any atom is 0.159 e. The zero-order valence-electron chi connectivity index (χ0n) is 9.87. The third-order valence-electron chi connectivity index (χ3n) is 2.89. The van der Waals surface area contributed by atoms with E-state index in [1.807, 2.05) is 0 Å². The Balaban J connectivity index is 2.34. The van der Waals surface area contributed by atoms with Crippen molar-refractivity contribution >= 4 is 22.4 Å². The van der Waals surface area contributed by atoms with Crippen LogP contribution < -0.4 is 0 Å². The number of hydrogen-bond acceptors (Lipinski definition) is 2. The molecule has 1 aromatic heterocycles. The number of rotatable bonds is 1. The third-order valence-corrected chi connectivity index (χ3v) is 3.17. The Kier molecular flexibility index (Phi) is 3.06. The van der Waals surface area contributed by atoms with Crippen LogP contribution in [0.2, 0.25) is 5.15 Å². The van der Waals surface area contributed by atoms with Crippen molar-refractivity contribution in [2.75, 3.05) is 0 Å². The van der Waals surface area contributed by atoms with Crippen LogP contribution in [-0.4, -0.2) is 10.2 Å². The van der Waals surface area contributed by atoms with Gasteiger partial charge in [-0.1, -0.05) is 11.6 Å². The van der Waals surface area contributed by atoms with Gasteiger partial charge in [0.25, 0.3) is 0 Å². The van der Waals surface area contributed by atoms with E-state index in [-0.39, 0.29) is 10.5 Å². The molecule has 6 heteroatoms. The first-order valence-electron chi connectivity index (χ1n) is 5.63. The second-order valence-electron chi connectivity index (χ2n) is 4.16. The molecule has 0 aliphatic carbocycles. The maximum atomic E-state index is 13.4. The minimum absolute atomic E-state index is 0.0234. The van der Waals surface area contributed by atoms with Crippen LogP contribution in [0, 0.1) is 17.5 Å². The lowest BCUT2D eigenvalue weighted by Crippen LogP contribution is -1.94. The van der Waals surface area contributed by atoms with Gasteiger partial charge in [-0.3, -0.25) is 0 Å². The molecule has 0 fully saturated rings. The fourth-order valence-electron chi connectivity index (χ4n) is 1.94. The molecule has 20 heavy (non-hydrogen) atoms. The SMILES string of the molecule is Fc1ccc(-c2nnc(Cl)c3cc(F)c(F)cc23)cc1. The van der Waals surface area contributed by atoms with Crippen LogP contribution in [0.5, 0.6) is 0 Å². The van der Waals surface area contributed by atoms with Crippen LogP contribution in [0.25, 0.3) is 22.0 Å². The predicted octanol–water partition coefficient (Wildman–Crippen LogP) is 4.37. The van der Waals surface area contributed by atoms with E-state index >= 15 is 0 Å². The van der Waals surface area contributed by atoms with Crippen molar-refractivity contribution in [2.45, 2.75) is 0 Å². The zero-order chi connectivity index (χ0) is 14.3. The van der Waals surface area contributed by atoms with Gasteiger partial charge in [-0.25, -0.2) is 13.2 Å². The topological polar surface area (TPSA) is 25.8 Å². The molecule has 1 heterocycles. The minimum Gasteiger partial charge on any atom is -0.207 e. The predicted molar refractivity (Wildman–Crippen MR) is 69.9 cm³/mol. The van der Waals surface area contributed by atoms with Crippen LogP contribution in [0.3, 0.4) is 0 Å². The minimum atomic E-state index is -1.02. The summed E-state index contributed by atoms with van der Waals surface area (Å²) < 4.78 is 39.6. The van der Waals surface area contributed by atoms with Gasteiger partial charge in [0, 0.05) is 16.3 Å². The number of halogens is 4. The molecular weight excluding hydrogens is 289 g/mol. The first-order valence-corrected chi connectivity index (χ1v) is 6.01. The summed E-state index contributed by atoms with van der Waals surface area (Å²) in [5.41, 5.74) is 0.842. The number of hydrogen-bond donors (Lipinski definition) is 0. The summed E-state index contributed by atoms with van der Waals surface area (Å²) in [6.07, 6.45) is 0. The van der Waals surface area contributed by atoms with Crippen molar-refractivity contribution in [3.63, 3.8) is 0 Å². The smallest absolute Gasteiger partial charge is 0.159 e. The van der Waals surface area contributed by atoms with E-state index in [9.17, 15) is 13.2 Å². The second kappa shape index (κ2) is 4.76. The van der Waals surface area contributed by atoms with Gasteiger partial charge in [-0.2, -0.15) is 0 Å². The molecule has 100 valence electrons. The summed E-state index contributed by atoms with van der Waals surface area (Å²) in [6.45, 7) is 0. The van der Waals surface area contributed by atoms with Gasteiger partial charge in [0.05, 0.1) is 0 Å². The normalized spacial score (nSPS) is 11.0. The highest BCUT2D eigenvalue weighted by atomic mass is 35.5. The lowest BCUT2D eigenvalue weighted by Gasteiger charge is -2.07. The Morgan fingerprint density at radius 2 is 1.40 bits per heavy atom. The molecule has 2 nitrogen and oxygen atoms in total. The molecule has 0 unspecified atom stereocenters. The van der Waals surface area contributed by atoms with Crippen molar-refractivity contribution in [1.82, 2.24) is 10.2 Å². The number of benzene rings is 2. The van der Waals surface area contributed by atoms with Gasteiger partial charge in [0.2, 0.25) is 0 Å². The Labute approximate surface area is 116 Å². The lowest BCUT2D eigenvalue weighted by molar-refractivity contribution is 0.511. The highest BCUT2D eigenvalue weighted by Crippen LogP contribution is 2.31. The summed E-state index contributed by atoms with van der Waals surface area (Å²) in [5.74, 6) is -2.43. The fraction of sp³-hybridized carbons (Fsp3) is 0. The molecule has 0 bridgehead atoms. The van der Waals surface area contributed by atoms with Crippen LogP contribution in [0.1, 0.15) is 0 Å². The molecule has 0 atom stereocenters. The summed E-state index contributed by atoms with van der Waals surface area (Å²) in [4.78, 5) is 0. The van der Waals surface area contributed by atoms with Gasteiger partial charge < -0.3 is 0 Å². The molecule has 0 radical (unpaired) electrons. The molecule has 0 saturated carbocycles. The monoisotopic (exact) mass is 294 g/mol. The van der Waals surface area contributed by atoms with Crippen molar-refractivity contribution in [2.24, 2.45) is 0 Å². The first kappa shape index (κ1) is 12.9. The standard InChI is InChI=1S/C14H6ClF3N2/c15-14-10-6-12(18)11(17)5-9(10)13(19-20-14)7-1-3-8(16)4-2-7/h1-6H. The Hall–Kier alpha value is -2.14. The average Bonchev–Trinajstić information content (AvgIpc) is 2.43. The summed E-state index contributed by atoms with van der Waals surface area (Å²) in [6, 6.07) is 7.43. The Bertz CT molecular complexity index is 804. The molecule has 2 aromatic carbocycles. The molecule has 0 aliphatic heterocycles. The molecule has 0 spiro atoms. The van der Waals surface area contributed by atoms with Crippen LogP contribution in [0.15, 0.2) is 36.4 Å². The second-order valence-corrected chi connectivity index (χ2v) is 4.52. The third kappa shape index (κ3) is 2.10.